The predicted molar refractivity (Wildman–Crippen MR) is 96.4 cm³/mol. The molecule has 0 fully saturated rings. The van der Waals surface area contributed by atoms with E-state index in [-0.39, 0.29) is 17.7 Å². The Morgan fingerprint density at radius 1 is 0.708 bits per heavy atom. The molecule has 24 heavy (non-hydrogen) atoms. The number of carbonyl (C=O) groups excluding carboxylic acids is 3. The van der Waals surface area contributed by atoms with E-state index in [1.54, 1.807) is 14.7 Å². The van der Waals surface area contributed by atoms with Gasteiger partial charge in [0.15, 0.2) is 0 Å². The average Bonchev–Trinajstić information content (AvgIpc) is 2.57. The number of nitrogens with zero attached hydrogens (tertiary/aromatic N) is 3. The van der Waals surface area contributed by atoms with Crippen LogP contribution in [-0.4, -0.2) is 71.7 Å². The van der Waals surface area contributed by atoms with Crippen LogP contribution in [-0.2, 0) is 14.4 Å². The molecule has 0 unspecified atom stereocenters. The quantitative estimate of drug-likeness (QED) is 0.509. The monoisotopic (exact) mass is 337 g/mol. The molecule has 0 aromatic heterocycles. The molecular weight excluding hydrogens is 306 g/mol. The molecule has 0 spiro atoms. The van der Waals surface area contributed by atoms with Gasteiger partial charge in [-0.2, -0.15) is 0 Å². The van der Waals surface area contributed by atoms with Gasteiger partial charge in [0.1, 0.15) is 0 Å². The molecule has 0 aromatic rings. The first kappa shape index (κ1) is 21.9. The zero-order chi connectivity index (χ0) is 18.5. The van der Waals surface area contributed by atoms with Crippen LogP contribution in [0, 0.1) is 0 Å². The van der Waals surface area contributed by atoms with Gasteiger partial charge < -0.3 is 14.7 Å². The second kappa shape index (κ2) is 12.3. The lowest BCUT2D eigenvalue weighted by Crippen LogP contribution is -2.44. The summed E-state index contributed by atoms with van der Waals surface area (Å²) in [5.41, 5.74) is 0. The molecule has 0 atom stereocenters. The fraction of sp³-hybridized carbons (Fsp3) is 0.611. The van der Waals surface area contributed by atoms with Crippen molar-refractivity contribution in [2.75, 3.05) is 39.3 Å². The lowest BCUT2D eigenvalue weighted by Gasteiger charge is -2.29. The van der Waals surface area contributed by atoms with Gasteiger partial charge in [0.2, 0.25) is 17.7 Å². The van der Waals surface area contributed by atoms with Crippen molar-refractivity contribution in [3.8, 4) is 0 Å². The van der Waals surface area contributed by atoms with Gasteiger partial charge in [-0.3, -0.25) is 14.4 Å². The number of hydrogen-bond donors (Lipinski definition) is 0. The van der Waals surface area contributed by atoms with E-state index in [1.165, 1.54) is 19.1 Å². The van der Waals surface area contributed by atoms with E-state index in [1.807, 2.05) is 13.8 Å². The SMILES string of the molecule is C=CC(=O)N(CCC)CCN(CCN(CCC)C(C)=O)C(=O)C=C. The van der Waals surface area contributed by atoms with E-state index in [0.29, 0.717) is 39.3 Å². The number of hydrogen-bond acceptors (Lipinski definition) is 3. The van der Waals surface area contributed by atoms with Crippen molar-refractivity contribution in [1.29, 1.82) is 0 Å². The zero-order valence-corrected chi connectivity index (χ0v) is 15.3. The van der Waals surface area contributed by atoms with Gasteiger partial charge in [-0.05, 0) is 25.0 Å². The first-order valence-electron chi connectivity index (χ1n) is 8.49. The highest BCUT2D eigenvalue weighted by Crippen LogP contribution is 2.00. The van der Waals surface area contributed by atoms with Crippen molar-refractivity contribution in [3.63, 3.8) is 0 Å². The van der Waals surface area contributed by atoms with Crippen molar-refractivity contribution < 1.29 is 14.4 Å². The van der Waals surface area contributed by atoms with Gasteiger partial charge >= 0.3 is 0 Å². The molecule has 3 amide bonds. The standard InChI is InChI=1S/C18H31N3O3/c1-6-10-19(16(5)22)12-13-21(18(24)9-4)15-14-20(11-7-2)17(23)8-3/h8-9H,3-4,6-7,10-15H2,1-2,5H3. The van der Waals surface area contributed by atoms with E-state index in [0.717, 1.165) is 12.8 Å². The van der Waals surface area contributed by atoms with E-state index in [2.05, 4.69) is 13.2 Å². The van der Waals surface area contributed by atoms with Crippen LogP contribution in [0.2, 0.25) is 0 Å². The minimum absolute atomic E-state index is 0.00250. The van der Waals surface area contributed by atoms with Gasteiger partial charge in [-0.25, -0.2) is 0 Å². The maximum absolute atomic E-state index is 12.0. The zero-order valence-electron chi connectivity index (χ0n) is 15.3. The second-order valence-corrected chi connectivity index (χ2v) is 5.56. The van der Waals surface area contributed by atoms with Gasteiger partial charge in [0.25, 0.3) is 0 Å². The topological polar surface area (TPSA) is 60.9 Å². The lowest BCUT2D eigenvalue weighted by atomic mass is 10.3. The molecule has 6 nitrogen and oxygen atoms in total. The van der Waals surface area contributed by atoms with Crippen LogP contribution in [0.25, 0.3) is 0 Å². The molecule has 0 rings (SSSR count). The maximum Gasteiger partial charge on any atom is 0.246 e. The molecule has 0 aliphatic rings. The summed E-state index contributed by atoms with van der Waals surface area (Å²) in [6, 6.07) is 0. The summed E-state index contributed by atoms with van der Waals surface area (Å²) in [5, 5.41) is 0. The molecule has 0 aromatic carbocycles. The van der Waals surface area contributed by atoms with Crippen molar-refractivity contribution in [2.45, 2.75) is 33.6 Å². The highest BCUT2D eigenvalue weighted by atomic mass is 16.2. The van der Waals surface area contributed by atoms with Crippen LogP contribution in [0.4, 0.5) is 0 Å². The third-order valence-electron chi connectivity index (χ3n) is 3.68. The van der Waals surface area contributed by atoms with E-state index >= 15 is 0 Å². The molecule has 0 aliphatic carbocycles. The normalized spacial score (nSPS) is 9.96. The van der Waals surface area contributed by atoms with Crippen LogP contribution < -0.4 is 0 Å². The largest absolute Gasteiger partial charge is 0.341 e. The molecule has 0 bridgehead atoms. The van der Waals surface area contributed by atoms with Crippen molar-refractivity contribution >= 4 is 17.7 Å². The summed E-state index contributed by atoms with van der Waals surface area (Å²) in [7, 11) is 0. The molecular formula is C18H31N3O3. The van der Waals surface area contributed by atoms with E-state index in [4.69, 9.17) is 0 Å². The highest BCUT2D eigenvalue weighted by Gasteiger charge is 2.16. The lowest BCUT2D eigenvalue weighted by molar-refractivity contribution is -0.132. The van der Waals surface area contributed by atoms with E-state index in [9.17, 15) is 14.4 Å². The Bertz CT molecular complexity index is 449. The van der Waals surface area contributed by atoms with Crippen LogP contribution in [0.3, 0.4) is 0 Å². The molecule has 0 N–H and O–H groups in total. The Labute approximate surface area is 145 Å². The molecule has 0 radical (unpaired) electrons. The molecule has 0 saturated carbocycles. The predicted octanol–water partition coefficient (Wildman–Crippen LogP) is 1.68. The smallest absolute Gasteiger partial charge is 0.246 e. The Morgan fingerprint density at radius 3 is 1.38 bits per heavy atom. The molecule has 0 saturated heterocycles. The summed E-state index contributed by atoms with van der Waals surface area (Å²) in [6.45, 7) is 15.6. The summed E-state index contributed by atoms with van der Waals surface area (Å²) in [5.74, 6) is -0.339. The number of rotatable bonds is 12. The van der Waals surface area contributed by atoms with E-state index < -0.39 is 0 Å². The van der Waals surface area contributed by atoms with Gasteiger partial charge in [-0.15, -0.1) is 0 Å². The van der Waals surface area contributed by atoms with Crippen molar-refractivity contribution in [3.05, 3.63) is 25.3 Å². The van der Waals surface area contributed by atoms with Gasteiger partial charge in [0.05, 0.1) is 0 Å². The third-order valence-corrected chi connectivity index (χ3v) is 3.68. The van der Waals surface area contributed by atoms with Crippen molar-refractivity contribution in [1.82, 2.24) is 14.7 Å². The Morgan fingerprint density at radius 2 is 1.04 bits per heavy atom. The fourth-order valence-corrected chi connectivity index (χ4v) is 2.37. The first-order valence-corrected chi connectivity index (χ1v) is 8.49. The number of amides is 3. The average molecular weight is 337 g/mol. The summed E-state index contributed by atoms with van der Waals surface area (Å²) < 4.78 is 0. The molecule has 0 aliphatic heterocycles. The third kappa shape index (κ3) is 7.94. The van der Waals surface area contributed by atoms with Gasteiger partial charge in [0, 0.05) is 46.2 Å². The highest BCUT2D eigenvalue weighted by molar-refractivity contribution is 5.88. The second-order valence-electron chi connectivity index (χ2n) is 5.56. The van der Waals surface area contributed by atoms with Crippen LogP contribution in [0.1, 0.15) is 33.6 Å². The Hall–Kier alpha value is -2.11. The molecule has 6 heteroatoms. The molecule has 136 valence electrons. The first-order chi connectivity index (χ1) is 11.4. The van der Waals surface area contributed by atoms with Crippen LogP contribution >= 0.6 is 0 Å². The fourth-order valence-electron chi connectivity index (χ4n) is 2.37. The van der Waals surface area contributed by atoms with Crippen molar-refractivity contribution in [2.24, 2.45) is 0 Å². The Kier molecular flexibility index (Phi) is 11.2. The van der Waals surface area contributed by atoms with Gasteiger partial charge in [-0.1, -0.05) is 27.0 Å². The minimum atomic E-state index is -0.197. The summed E-state index contributed by atoms with van der Waals surface area (Å²) in [4.78, 5) is 40.5. The summed E-state index contributed by atoms with van der Waals surface area (Å²) in [6.07, 6.45) is 4.25. The number of carbonyl (C=O) groups is 3. The van der Waals surface area contributed by atoms with Crippen LogP contribution in [0.15, 0.2) is 25.3 Å². The summed E-state index contributed by atoms with van der Waals surface area (Å²) >= 11 is 0. The molecule has 0 heterocycles. The van der Waals surface area contributed by atoms with Crippen LogP contribution in [0.5, 0.6) is 0 Å². The minimum Gasteiger partial charge on any atom is -0.341 e. The maximum atomic E-state index is 12.0. The Balaban J connectivity index is 4.79.